The van der Waals surface area contributed by atoms with E-state index in [4.69, 9.17) is 10.5 Å². The number of carbonyl (C=O) groups is 8. The summed E-state index contributed by atoms with van der Waals surface area (Å²) >= 11 is 0. The molecule has 16 nitrogen and oxygen atoms in total. The predicted molar refractivity (Wildman–Crippen MR) is 212 cm³/mol. The third-order valence-electron chi connectivity index (χ3n) is 10.1. The SMILES string of the molecule is CC(C)CC(NC(=O)[C@@H]1C[C@@H](OC(C)(C)C)CN1C(=O)[C@@H](NC(=O)c1ccc(C(=O)O)cc1)C1CCCCC1)C(=O)C(=O)NCC(=O)N[C@H](C(N)=O)c1ccccc1. The minimum absolute atomic E-state index is 0.00155. The molecule has 1 aliphatic carbocycles. The van der Waals surface area contributed by atoms with Crippen LogP contribution in [0.25, 0.3) is 0 Å². The summed E-state index contributed by atoms with van der Waals surface area (Å²) in [6.07, 6.45) is 3.55. The lowest BCUT2D eigenvalue weighted by Gasteiger charge is -2.35. The summed E-state index contributed by atoms with van der Waals surface area (Å²) in [5.74, 6) is -7.06. The number of rotatable bonds is 17. The molecule has 0 aromatic heterocycles. The number of carboxylic acids is 1. The summed E-state index contributed by atoms with van der Waals surface area (Å²) < 4.78 is 6.24. The first-order chi connectivity index (χ1) is 27.3. The number of amides is 6. The van der Waals surface area contributed by atoms with Crippen molar-refractivity contribution in [2.24, 2.45) is 17.6 Å². The fourth-order valence-electron chi connectivity index (χ4n) is 7.44. The number of benzene rings is 2. The molecule has 1 saturated heterocycles. The van der Waals surface area contributed by atoms with E-state index in [0.717, 1.165) is 19.3 Å². The average molecular weight is 805 g/mol. The fourth-order valence-corrected chi connectivity index (χ4v) is 7.44. The van der Waals surface area contributed by atoms with Crippen molar-refractivity contribution in [2.75, 3.05) is 13.1 Å². The summed E-state index contributed by atoms with van der Waals surface area (Å²) in [6, 6.07) is 8.98. The summed E-state index contributed by atoms with van der Waals surface area (Å²) in [5, 5.41) is 19.6. The number of hydrogen-bond acceptors (Lipinski definition) is 9. The van der Waals surface area contributed by atoms with Crippen LogP contribution in [0.4, 0.5) is 0 Å². The number of ether oxygens (including phenoxy) is 1. The molecule has 1 saturated carbocycles. The standard InChI is InChI=1S/C42H56N6O10/c1-24(2)20-30(35(50)39(54)44-22-32(49)46-33(36(43)51)25-12-8-6-9-13-25)45-38(53)31-21-29(58-42(3,4)5)23-48(31)40(55)34(26-14-10-7-11-15-26)47-37(52)27-16-18-28(19-17-27)41(56)57/h6,8-9,12-13,16-19,24,26,29-31,33-34H,7,10-11,14-15,20-23H2,1-5H3,(H2,43,51)(H,44,54)(H,45,53)(H,46,49)(H,47,52)(H,56,57)/t29-,30?,31+,33+,34+/m1/s1. The minimum Gasteiger partial charge on any atom is -0.478 e. The number of hydrogen-bond donors (Lipinski definition) is 6. The van der Waals surface area contributed by atoms with E-state index in [1.807, 2.05) is 20.8 Å². The van der Waals surface area contributed by atoms with Gasteiger partial charge in [0.15, 0.2) is 0 Å². The van der Waals surface area contributed by atoms with Crippen molar-refractivity contribution in [3.63, 3.8) is 0 Å². The second kappa shape index (κ2) is 20.2. The number of aromatic carboxylic acids is 1. The first-order valence-electron chi connectivity index (χ1n) is 19.7. The molecule has 2 aromatic carbocycles. The van der Waals surface area contributed by atoms with Crippen LogP contribution < -0.4 is 27.0 Å². The van der Waals surface area contributed by atoms with Crippen molar-refractivity contribution in [2.45, 2.75) is 115 Å². The number of likely N-dealkylation sites (tertiary alicyclic amines) is 1. The van der Waals surface area contributed by atoms with E-state index >= 15 is 0 Å². The van der Waals surface area contributed by atoms with E-state index in [2.05, 4.69) is 21.3 Å². The lowest BCUT2D eigenvalue weighted by atomic mass is 9.83. The van der Waals surface area contributed by atoms with Crippen molar-refractivity contribution in [3.05, 3.63) is 71.3 Å². The number of carboxylic acid groups (broad SMARTS) is 1. The Hall–Kier alpha value is -5.64. The van der Waals surface area contributed by atoms with E-state index in [0.29, 0.717) is 18.4 Å². The van der Waals surface area contributed by atoms with Gasteiger partial charge in [0.2, 0.25) is 29.4 Å². The van der Waals surface area contributed by atoms with E-state index in [-0.39, 0.29) is 42.3 Å². The molecular weight excluding hydrogens is 748 g/mol. The number of primary amides is 1. The molecule has 4 rings (SSSR count). The highest BCUT2D eigenvalue weighted by Crippen LogP contribution is 2.31. The lowest BCUT2D eigenvalue weighted by Crippen LogP contribution is -2.58. The van der Waals surface area contributed by atoms with Crippen molar-refractivity contribution in [1.29, 1.82) is 0 Å². The Bertz CT molecular complexity index is 1820. The molecular formula is C42H56N6O10. The van der Waals surface area contributed by atoms with Crippen LogP contribution in [0, 0.1) is 11.8 Å². The smallest absolute Gasteiger partial charge is 0.335 e. The highest BCUT2D eigenvalue weighted by molar-refractivity contribution is 6.38. The molecule has 314 valence electrons. The first-order valence-corrected chi connectivity index (χ1v) is 19.7. The zero-order chi connectivity index (χ0) is 42.7. The maximum absolute atomic E-state index is 14.6. The van der Waals surface area contributed by atoms with Gasteiger partial charge >= 0.3 is 5.97 Å². The van der Waals surface area contributed by atoms with E-state index < -0.39 is 89.6 Å². The van der Waals surface area contributed by atoms with Gasteiger partial charge in [-0.15, -0.1) is 0 Å². The van der Waals surface area contributed by atoms with Crippen LogP contribution in [-0.2, 0) is 33.5 Å². The van der Waals surface area contributed by atoms with E-state index in [1.54, 1.807) is 44.2 Å². The highest BCUT2D eigenvalue weighted by Gasteiger charge is 2.46. The van der Waals surface area contributed by atoms with Crippen LogP contribution in [-0.4, -0.2) is 100 Å². The summed E-state index contributed by atoms with van der Waals surface area (Å²) in [4.78, 5) is 107. The molecule has 2 aliphatic rings. The van der Waals surface area contributed by atoms with Crippen LogP contribution in [0.1, 0.15) is 112 Å². The quantitative estimate of drug-likeness (QED) is 0.128. The molecule has 2 fully saturated rings. The second-order valence-corrected chi connectivity index (χ2v) is 16.4. The molecule has 7 N–H and O–H groups in total. The Morgan fingerprint density at radius 3 is 2.05 bits per heavy atom. The Morgan fingerprint density at radius 1 is 0.862 bits per heavy atom. The number of nitrogens with two attached hydrogens (primary N) is 1. The van der Waals surface area contributed by atoms with Crippen LogP contribution in [0.2, 0.25) is 0 Å². The Balaban J connectivity index is 1.53. The number of Topliss-reactive ketones (excluding diaryl/α,β-unsaturated/α-hetero) is 1. The Morgan fingerprint density at radius 2 is 1.48 bits per heavy atom. The summed E-state index contributed by atoms with van der Waals surface area (Å²) in [6.45, 7) is 8.51. The molecule has 5 atom stereocenters. The van der Waals surface area contributed by atoms with Gasteiger partial charge in [-0.1, -0.05) is 63.4 Å². The first kappa shape index (κ1) is 45.1. The average Bonchev–Trinajstić information content (AvgIpc) is 3.60. The monoisotopic (exact) mass is 804 g/mol. The van der Waals surface area contributed by atoms with Crippen LogP contribution in [0.5, 0.6) is 0 Å². The fraction of sp³-hybridized carbons (Fsp3) is 0.524. The number of nitrogens with one attached hydrogen (secondary N) is 4. The topological polar surface area (TPSA) is 243 Å². The third-order valence-corrected chi connectivity index (χ3v) is 10.1. The molecule has 1 aliphatic heterocycles. The van der Waals surface area contributed by atoms with Gasteiger partial charge in [0.25, 0.3) is 11.8 Å². The van der Waals surface area contributed by atoms with Gasteiger partial charge in [-0.25, -0.2) is 4.79 Å². The van der Waals surface area contributed by atoms with Gasteiger partial charge in [0, 0.05) is 18.5 Å². The van der Waals surface area contributed by atoms with E-state index in [9.17, 15) is 43.5 Å². The molecule has 1 unspecified atom stereocenters. The van der Waals surface area contributed by atoms with Gasteiger partial charge < -0.3 is 41.7 Å². The number of carbonyl (C=O) groups excluding carboxylic acids is 7. The van der Waals surface area contributed by atoms with Crippen LogP contribution in [0.3, 0.4) is 0 Å². The van der Waals surface area contributed by atoms with Gasteiger partial charge in [0.05, 0.1) is 29.9 Å². The summed E-state index contributed by atoms with van der Waals surface area (Å²) in [5.41, 5.74) is 5.44. The molecule has 16 heteroatoms. The van der Waals surface area contributed by atoms with Gasteiger partial charge in [-0.3, -0.25) is 33.6 Å². The number of nitrogens with zero attached hydrogens (tertiary/aromatic N) is 1. The zero-order valence-electron chi connectivity index (χ0n) is 33.7. The Kier molecular flexibility index (Phi) is 15.7. The molecule has 2 aromatic rings. The molecule has 1 heterocycles. The molecule has 0 spiro atoms. The summed E-state index contributed by atoms with van der Waals surface area (Å²) in [7, 11) is 0. The molecule has 6 amide bonds. The molecule has 58 heavy (non-hydrogen) atoms. The molecule has 0 radical (unpaired) electrons. The second-order valence-electron chi connectivity index (χ2n) is 16.4. The van der Waals surface area contributed by atoms with Gasteiger partial charge in [-0.05, 0) is 81.7 Å². The van der Waals surface area contributed by atoms with Crippen molar-refractivity contribution < 1.29 is 48.2 Å². The number of ketones is 1. The lowest BCUT2D eigenvalue weighted by molar-refractivity contribution is -0.143. The predicted octanol–water partition coefficient (Wildman–Crippen LogP) is 2.41. The highest BCUT2D eigenvalue weighted by atomic mass is 16.5. The minimum atomic E-state index is -1.32. The third kappa shape index (κ3) is 12.7. The van der Waals surface area contributed by atoms with Crippen molar-refractivity contribution in [1.82, 2.24) is 26.2 Å². The van der Waals surface area contributed by atoms with Gasteiger partial charge in [0.1, 0.15) is 18.1 Å². The van der Waals surface area contributed by atoms with Crippen molar-refractivity contribution in [3.8, 4) is 0 Å². The largest absolute Gasteiger partial charge is 0.478 e. The van der Waals surface area contributed by atoms with Crippen LogP contribution >= 0.6 is 0 Å². The maximum Gasteiger partial charge on any atom is 0.335 e. The van der Waals surface area contributed by atoms with E-state index in [1.165, 1.54) is 29.2 Å². The van der Waals surface area contributed by atoms with Crippen LogP contribution in [0.15, 0.2) is 54.6 Å². The molecule has 0 bridgehead atoms. The zero-order valence-corrected chi connectivity index (χ0v) is 33.7. The normalized spacial score (nSPS) is 18.7. The van der Waals surface area contributed by atoms with Gasteiger partial charge in [-0.2, -0.15) is 0 Å². The van der Waals surface area contributed by atoms with Crippen molar-refractivity contribution >= 4 is 47.2 Å². The maximum atomic E-state index is 14.6. The Labute approximate surface area is 338 Å².